The van der Waals surface area contributed by atoms with Gasteiger partial charge in [0.2, 0.25) is 0 Å². The molecule has 3 aromatic rings. The molecule has 1 N–H and O–H groups in total. The minimum absolute atomic E-state index is 0.0182. The number of rotatable bonds is 5. The van der Waals surface area contributed by atoms with Crippen LogP contribution in [0, 0.1) is 0 Å². The van der Waals surface area contributed by atoms with Crippen LogP contribution in [0.15, 0.2) is 53.3 Å². The lowest BCUT2D eigenvalue weighted by Crippen LogP contribution is -2.37. The molecule has 1 saturated heterocycles. The molecule has 1 aliphatic heterocycles. The lowest BCUT2D eigenvalue weighted by molar-refractivity contribution is 0.0501. The number of amides is 1. The van der Waals surface area contributed by atoms with E-state index in [0.717, 1.165) is 12.8 Å². The van der Waals surface area contributed by atoms with Crippen molar-refractivity contribution < 1.29 is 9.53 Å². The number of para-hydroxylation sites is 1. The molecule has 1 amide bonds. The van der Waals surface area contributed by atoms with E-state index in [0.29, 0.717) is 40.5 Å². The summed E-state index contributed by atoms with van der Waals surface area (Å²) in [5.74, 6) is 0.269. The third-order valence-corrected chi connectivity index (χ3v) is 5.04. The van der Waals surface area contributed by atoms with Gasteiger partial charge in [-0.15, -0.1) is 0 Å². The second kappa shape index (κ2) is 8.12. The highest BCUT2D eigenvalue weighted by Crippen LogP contribution is 2.18. The SMILES string of the molecule is O=C(c1cccc(Cl)c1)N(Cc1nc2ccccc2c(=O)[nH]1)C[C@H]1CCCO1. The van der Waals surface area contributed by atoms with E-state index in [1.54, 1.807) is 47.4 Å². The van der Waals surface area contributed by atoms with Gasteiger partial charge in [0, 0.05) is 23.7 Å². The Kier molecular flexibility index (Phi) is 5.41. The molecule has 144 valence electrons. The van der Waals surface area contributed by atoms with Crippen molar-refractivity contribution in [3.05, 3.63) is 75.3 Å². The van der Waals surface area contributed by atoms with Crippen LogP contribution in [0.4, 0.5) is 0 Å². The number of nitrogens with zero attached hydrogens (tertiary/aromatic N) is 2. The summed E-state index contributed by atoms with van der Waals surface area (Å²) >= 11 is 6.05. The van der Waals surface area contributed by atoms with Crippen molar-refractivity contribution >= 4 is 28.4 Å². The van der Waals surface area contributed by atoms with Crippen LogP contribution in [0.25, 0.3) is 10.9 Å². The maximum atomic E-state index is 13.1. The molecule has 1 fully saturated rings. The van der Waals surface area contributed by atoms with Gasteiger partial charge in [0.25, 0.3) is 11.5 Å². The number of hydrogen-bond donors (Lipinski definition) is 1. The van der Waals surface area contributed by atoms with Crippen molar-refractivity contribution in [2.75, 3.05) is 13.2 Å². The molecule has 7 heteroatoms. The Bertz CT molecular complexity index is 1060. The van der Waals surface area contributed by atoms with E-state index in [4.69, 9.17) is 16.3 Å². The van der Waals surface area contributed by atoms with Crippen molar-refractivity contribution in [3.8, 4) is 0 Å². The number of aromatic amines is 1. The number of H-pyrrole nitrogens is 1. The number of carbonyl (C=O) groups is 1. The van der Waals surface area contributed by atoms with Crippen molar-refractivity contribution in [1.82, 2.24) is 14.9 Å². The van der Waals surface area contributed by atoms with Crippen LogP contribution in [0.5, 0.6) is 0 Å². The van der Waals surface area contributed by atoms with Crippen LogP contribution >= 0.6 is 11.6 Å². The predicted octanol–water partition coefficient (Wildman–Crippen LogP) is 3.40. The molecule has 0 unspecified atom stereocenters. The van der Waals surface area contributed by atoms with Crippen molar-refractivity contribution in [3.63, 3.8) is 0 Å². The highest BCUT2D eigenvalue weighted by molar-refractivity contribution is 6.30. The van der Waals surface area contributed by atoms with E-state index in [-0.39, 0.29) is 24.1 Å². The monoisotopic (exact) mass is 397 g/mol. The molecule has 6 nitrogen and oxygen atoms in total. The van der Waals surface area contributed by atoms with E-state index in [1.807, 2.05) is 6.07 Å². The van der Waals surface area contributed by atoms with E-state index in [1.165, 1.54) is 0 Å². The Morgan fingerprint density at radius 2 is 2.11 bits per heavy atom. The first-order valence-corrected chi connectivity index (χ1v) is 9.62. The fraction of sp³-hybridized carbons (Fsp3) is 0.286. The molecule has 4 rings (SSSR count). The van der Waals surface area contributed by atoms with Crippen LogP contribution in [0.1, 0.15) is 29.0 Å². The van der Waals surface area contributed by atoms with Gasteiger partial charge in [0.15, 0.2) is 0 Å². The summed E-state index contributed by atoms with van der Waals surface area (Å²) in [6.45, 7) is 1.32. The Hall–Kier alpha value is -2.70. The first-order chi connectivity index (χ1) is 13.6. The number of ether oxygens (including phenoxy) is 1. The highest BCUT2D eigenvalue weighted by Gasteiger charge is 2.24. The summed E-state index contributed by atoms with van der Waals surface area (Å²) in [4.78, 5) is 34.5. The molecule has 0 radical (unpaired) electrons. The van der Waals surface area contributed by atoms with Gasteiger partial charge >= 0.3 is 0 Å². The molecule has 1 aromatic heterocycles. The van der Waals surface area contributed by atoms with Gasteiger partial charge in [0.05, 0.1) is 23.6 Å². The fourth-order valence-corrected chi connectivity index (χ4v) is 3.64. The van der Waals surface area contributed by atoms with Gasteiger partial charge in [-0.25, -0.2) is 4.98 Å². The van der Waals surface area contributed by atoms with Gasteiger partial charge in [-0.05, 0) is 43.2 Å². The van der Waals surface area contributed by atoms with Crippen LogP contribution < -0.4 is 5.56 Å². The summed E-state index contributed by atoms with van der Waals surface area (Å²) < 4.78 is 5.71. The lowest BCUT2D eigenvalue weighted by Gasteiger charge is -2.25. The van der Waals surface area contributed by atoms with E-state index < -0.39 is 0 Å². The van der Waals surface area contributed by atoms with Crippen molar-refractivity contribution in [2.45, 2.75) is 25.5 Å². The minimum atomic E-state index is -0.215. The van der Waals surface area contributed by atoms with Gasteiger partial charge in [-0.3, -0.25) is 9.59 Å². The quantitative estimate of drug-likeness (QED) is 0.716. The largest absolute Gasteiger partial charge is 0.376 e. The Morgan fingerprint density at radius 1 is 1.25 bits per heavy atom. The summed E-state index contributed by atoms with van der Waals surface area (Å²) in [7, 11) is 0. The normalized spacial score (nSPS) is 16.4. The maximum Gasteiger partial charge on any atom is 0.258 e. The zero-order valence-electron chi connectivity index (χ0n) is 15.2. The van der Waals surface area contributed by atoms with Gasteiger partial charge in [-0.2, -0.15) is 0 Å². The molecule has 0 aliphatic carbocycles. The second-order valence-corrected chi connectivity index (χ2v) is 7.30. The first kappa shape index (κ1) is 18.7. The third kappa shape index (κ3) is 4.08. The minimum Gasteiger partial charge on any atom is -0.376 e. The van der Waals surface area contributed by atoms with Gasteiger partial charge < -0.3 is 14.6 Å². The van der Waals surface area contributed by atoms with E-state index >= 15 is 0 Å². The number of carbonyl (C=O) groups excluding carboxylic acids is 1. The molecular weight excluding hydrogens is 378 g/mol. The zero-order chi connectivity index (χ0) is 19.5. The number of halogens is 1. The molecule has 1 atom stereocenters. The smallest absolute Gasteiger partial charge is 0.258 e. The molecule has 28 heavy (non-hydrogen) atoms. The van der Waals surface area contributed by atoms with E-state index in [9.17, 15) is 9.59 Å². The molecule has 2 aromatic carbocycles. The fourth-order valence-electron chi connectivity index (χ4n) is 3.45. The Morgan fingerprint density at radius 3 is 2.89 bits per heavy atom. The first-order valence-electron chi connectivity index (χ1n) is 9.24. The molecule has 1 aliphatic rings. The third-order valence-electron chi connectivity index (χ3n) is 4.81. The summed E-state index contributed by atoms with van der Waals surface area (Å²) in [5, 5.41) is 1.03. The highest BCUT2D eigenvalue weighted by atomic mass is 35.5. The maximum absolute atomic E-state index is 13.1. The zero-order valence-corrected chi connectivity index (χ0v) is 16.0. The van der Waals surface area contributed by atoms with Crippen LogP contribution in [0.3, 0.4) is 0 Å². The van der Waals surface area contributed by atoms with Gasteiger partial charge in [-0.1, -0.05) is 29.8 Å². The van der Waals surface area contributed by atoms with Crippen LogP contribution in [-0.4, -0.2) is 40.0 Å². The van der Waals surface area contributed by atoms with E-state index in [2.05, 4.69) is 9.97 Å². The average Bonchev–Trinajstić information content (AvgIpc) is 3.20. The predicted molar refractivity (Wildman–Crippen MR) is 108 cm³/mol. The molecule has 2 heterocycles. The molecule has 0 saturated carbocycles. The number of benzene rings is 2. The number of fused-ring (bicyclic) bond motifs is 1. The Balaban J connectivity index is 1.65. The second-order valence-electron chi connectivity index (χ2n) is 6.86. The summed E-state index contributed by atoms with van der Waals surface area (Å²) in [5.41, 5.74) is 0.884. The molecule has 0 bridgehead atoms. The van der Waals surface area contributed by atoms with Crippen molar-refractivity contribution in [1.29, 1.82) is 0 Å². The number of hydrogen-bond acceptors (Lipinski definition) is 4. The van der Waals surface area contributed by atoms with Crippen LogP contribution in [0.2, 0.25) is 5.02 Å². The molecule has 0 spiro atoms. The number of aromatic nitrogens is 2. The number of nitrogens with one attached hydrogen (secondary N) is 1. The van der Waals surface area contributed by atoms with Crippen LogP contribution in [-0.2, 0) is 11.3 Å². The van der Waals surface area contributed by atoms with Gasteiger partial charge in [0.1, 0.15) is 5.82 Å². The van der Waals surface area contributed by atoms with Crippen molar-refractivity contribution in [2.24, 2.45) is 0 Å². The summed E-state index contributed by atoms with van der Waals surface area (Å²) in [6.07, 6.45) is 1.87. The summed E-state index contributed by atoms with van der Waals surface area (Å²) in [6, 6.07) is 14.0. The average molecular weight is 398 g/mol. The standard InChI is InChI=1S/C21H20ClN3O3/c22-15-6-3-5-14(11-15)21(27)25(12-16-7-4-10-28-16)13-19-23-18-9-2-1-8-17(18)20(26)24-19/h1-3,5-6,8-9,11,16H,4,7,10,12-13H2,(H,23,24,26)/t16-/m1/s1. The molecular formula is C21H20ClN3O3. The lowest BCUT2D eigenvalue weighted by atomic mass is 10.1. The Labute approximate surface area is 167 Å². The topological polar surface area (TPSA) is 75.3 Å².